The van der Waals surface area contributed by atoms with Gasteiger partial charge < -0.3 is 4.43 Å². The first-order valence-corrected chi connectivity index (χ1v) is 7.39. The van der Waals surface area contributed by atoms with Crippen molar-refractivity contribution in [3.63, 3.8) is 0 Å². The molecule has 72 valence electrons. The van der Waals surface area contributed by atoms with Crippen LogP contribution in [0.1, 0.15) is 20.8 Å². The van der Waals surface area contributed by atoms with Gasteiger partial charge in [0, 0.05) is 0 Å². The van der Waals surface area contributed by atoms with Gasteiger partial charge in [0.2, 0.25) is 0 Å². The Hall–Kier alpha value is -0.283. The van der Waals surface area contributed by atoms with Crippen molar-refractivity contribution in [1.29, 1.82) is 0 Å². The van der Waals surface area contributed by atoms with Gasteiger partial charge in [0.1, 0.15) is 0 Å². The minimum atomic E-state index is -1.66. The normalized spacial score (nSPS) is 11.8. The lowest BCUT2D eigenvalue weighted by Crippen LogP contribution is -2.50. The molecule has 3 heteroatoms. The van der Waals surface area contributed by atoms with E-state index in [0.29, 0.717) is 0 Å². The van der Waals surface area contributed by atoms with Crippen LogP contribution in [0.5, 0.6) is 0 Å². The monoisotopic (exact) mass is 187 g/mol. The van der Waals surface area contributed by atoms with Crippen molar-refractivity contribution in [3.8, 4) is 0 Å². The van der Waals surface area contributed by atoms with Crippen LogP contribution in [-0.4, -0.2) is 26.1 Å². The van der Waals surface area contributed by atoms with Crippen LogP contribution in [0, 0.1) is 0 Å². The van der Waals surface area contributed by atoms with Crippen molar-refractivity contribution >= 4 is 8.48 Å². The minimum absolute atomic E-state index is 0.832. The Morgan fingerprint density at radius 1 is 1.33 bits per heavy atom. The number of allylic oxidation sites excluding steroid dienone is 1. The third-order valence-electron chi connectivity index (χ3n) is 1.95. The predicted octanol–water partition coefficient (Wildman–Crippen LogP) is 2.58. The molecule has 0 fully saturated rings. The third kappa shape index (κ3) is 3.41. The van der Waals surface area contributed by atoms with Crippen LogP contribution < -0.4 is 0 Å². The Kier molecular flexibility index (Phi) is 4.56. The smallest absolute Gasteiger partial charge is 0.324 e. The molecule has 0 radical (unpaired) electrons. The van der Waals surface area contributed by atoms with E-state index in [1.807, 2.05) is 6.92 Å². The van der Waals surface area contributed by atoms with Crippen molar-refractivity contribution in [3.05, 3.63) is 12.3 Å². The van der Waals surface area contributed by atoms with Crippen molar-refractivity contribution in [2.24, 2.45) is 0 Å². The average molecular weight is 187 g/mol. The van der Waals surface area contributed by atoms with Crippen molar-refractivity contribution in [1.82, 2.24) is 4.57 Å². The highest BCUT2D eigenvalue weighted by Crippen LogP contribution is 2.14. The fraction of sp³-hybridized carbons (Fsp3) is 0.778. The molecule has 0 spiro atoms. The second-order valence-corrected chi connectivity index (χ2v) is 7.15. The van der Waals surface area contributed by atoms with Gasteiger partial charge in [-0.1, -0.05) is 20.4 Å². The first kappa shape index (κ1) is 11.7. The summed E-state index contributed by atoms with van der Waals surface area (Å²) >= 11 is 0. The van der Waals surface area contributed by atoms with Crippen molar-refractivity contribution < 1.29 is 4.43 Å². The molecule has 0 saturated heterocycles. The van der Waals surface area contributed by atoms with E-state index in [4.69, 9.17) is 4.43 Å². The average Bonchev–Trinajstić information content (AvgIpc) is 1.85. The summed E-state index contributed by atoms with van der Waals surface area (Å²) in [6.45, 7) is 16.5. The van der Waals surface area contributed by atoms with Crippen LogP contribution in [0.15, 0.2) is 12.3 Å². The fourth-order valence-corrected chi connectivity index (χ4v) is 3.98. The molecule has 0 heterocycles. The summed E-state index contributed by atoms with van der Waals surface area (Å²) in [5.41, 5.74) is 0. The minimum Gasteiger partial charge on any atom is -0.534 e. The van der Waals surface area contributed by atoms with Gasteiger partial charge in [-0.05, 0) is 33.1 Å². The molecule has 0 aromatic carbocycles. The molecule has 0 rings (SSSR count). The molecule has 0 aliphatic heterocycles. The first-order chi connectivity index (χ1) is 5.44. The van der Waals surface area contributed by atoms with Crippen LogP contribution in [0.2, 0.25) is 13.1 Å². The summed E-state index contributed by atoms with van der Waals surface area (Å²) in [6, 6.07) is 0. The topological polar surface area (TPSA) is 12.5 Å². The molecule has 0 aromatic rings. The summed E-state index contributed by atoms with van der Waals surface area (Å²) in [5, 5.41) is 0. The number of nitrogens with zero attached hydrogens (tertiary/aromatic N) is 1. The maximum atomic E-state index is 5.75. The molecule has 12 heavy (non-hydrogen) atoms. The van der Waals surface area contributed by atoms with Crippen LogP contribution >= 0.6 is 0 Å². The Morgan fingerprint density at radius 2 is 1.75 bits per heavy atom. The van der Waals surface area contributed by atoms with E-state index < -0.39 is 8.48 Å². The summed E-state index contributed by atoms with van der Waals surface area (Å²) in [4.78, 5) is 0. The van der Waals surface area contributed by atoms with Gasteiger partial charge in [0.15, 0.2) is 0 Å². The summed E-state index contributed by atoms with van der Waals surface area (Å²) in [5.74, 6) is 0.832. The Balaban J connectivity index is 4.24. The van der Waals surface area contributed by atoms with E-state index in [0.717, 1.165) is 18.8 Å². The van der Waals surface area contributed by atoms with E-state index in [1.54, 1.807) is 0 Å². The van der Waals surface area contributed by atoms with Gasteiger partial charge in [-0.15, -0.1) is 0 Å². The van der Waals surface area contributed by atoms with Crippen LogP contribution in [-0.2, 0) is 4.43 Å². The van der Waals surface area contributed by atoms with Crippen LogP contribution in [0.3, 0.4) is 0 Å². The van der Waals surface area contributed by atoms with Gasteiger partial charge in [-0.25, -0.2) is 0 Å². The zero-order valence-electron chi connectivity index (χ0n) is 8.98. The molecular weight excluding hydrogens is 166 g/mol. The molecule has 0 amide bonds. The second kappa shape index (κ2) is 4.67. The number of rotatable bonds is 5. The molecular formula is C9H21NOSi. The quantitative estimate of drug-likeness (QED) is 0.484. The van der Waals surface area contributed by atoms with E-state index in [9.17, 15) is 0 Å². The largest absolute Gasteiger partial charge is 0.534 e. The highest BCUT2D eigenvalue weighted by molar-refractivity contribution is 6.68. The highest BCUT2D eigenvalue weighted by Gasteiger charge is 2.30. The van der Waals surface area contributed by atoms with Crippen molar-refractivity contribution in [2.45, 2.75) is 33.9 Å². The Labute approximate surface area is 77.4 Å². The second-order valence-electron chi connectivity index (χ2n) is 3.42. The maximum Gasteiger partial charge on any atom is 0.324 e. The van der Waals surface area contributed by atoms with Gasteiger partial charge in [-0.2, -0.15) is 0 Å². The summed E-state index contributed by atoms with van der Waals surface area (Å²) < 4.78 is 8.14. The molecule has 0 aliphatic carbocycles. The number of hydrogen-bond donors (Lipinski definition) is 0. The van der Waals surface area contributed by atoms with E-state index in [2.05, 4.69) is 38.1 Å². The van der Waals surface area contributed by atoms with E-state index in [1.165, 1.54) is 0 Å². The van der Waals surface area contributed by atoms with Crippen molar-refractivity contribution in [2.75, 3.05) is 13.1 Å². The highest BCUT2D eigenvalue weighted by atomic mass is 28.4. The molecule has 2 nitrogen and oxygen atoms in total. The van der Waals surface area contributed by atoms with Crippen LogP contribution in [0.25, 0.3) is 0 Å². The number of hydrogen-bond acceptors (Lipinski definition) is 2. The molecule has 0 atom stereocenters. The standard InChI is InChI=1S/C9H21NOSi/c1-7-10(8-2)12(5,6)11-9(3)4/h3,7-8H2,1-2,4-6H3. The van der Waals surface area contributed by atoms with E-state index in [-0.39, 0.29) is 0 Å². The Bertz CT molecular complexity index is 153. The molecule has 0 aliphatic rings. The lowest BCUT2D eigenvalue weighted by atomic mass is 10.7. The molecule has 0 unspecified atom stereocenters. The SMILES string of the molecule is C=C(C)O[Si](C)(C)N(CC)CC. The van der Waals surface area contributed by atoms with Gasteiger partial charge in [-0.3, -0.25) is 4.57 Å². The third-order valence-corrected chi connectivity index (χ3v) is 4.95. The van der Waals surface area contributed by atoms with E-state index >= 15 is 0 Å². The predicted molar refractivity (Wildman–Crippen MR) is 56.3 cm³/mol. The Morgan fingerprint density at radius 3 is 2.00 bits per heavy atom. The van der Waals surface area contributed by atoms with Crippen LogP contribution in [0.4, 0.5) is 0 Å². The zero-order chi connectivity index (χ0) is 9.78. The lowest BCUT2D eigenvalue weighted by molar-refractivity contribution is 0.319. The molecule has 0 saturated carbocycles. The van der Waals surface area contributed by atoms with Gasteiger partial charge >= 0.3 is 8.48 Å². The zero-order valence-corrected chi connectivity index (χ0v) is 9.98. The molecule has 0 aromatic heterocycles. The van der Waals surface area contributed by atoms with Gasteiger partial charge in [0.05, 0.1) is 5.76 Å². The fourth-order valence-electron chi connectivity index (χ4n) is 1.48. The summed E-state index contributed by atoms with van der Waals surface area (Å²) in [6.07, 6.45) is 0. The molecule has 0 bridgehead atoms. The molecule has 0 N–H and O–H groups in total. The first-order valence-electron chi connectivity index (χ1n) is 4.53. The maximum absolute atomic E-state index is 5.75. The lowest BCUT2D eigenvalue weighted by Gasteiger charge is -2.34. The van der Waals surface area contributed by atoms with Gasteiger partial charge in [0.25, 0.3) is 0 Å². The summed E-state index contributed by atoms with van der Waals surface area (Å²) in [7, 11) is -1.66.